The number of esters is 1. The maximum Gasteiger partial charge on any atom is 0.402 e. The second-order valence-electron chi connectivity index (χ2n) is 5.83. The highest BCUT2D eigenvalue weighted by Gasteiger charge is 2.30. The van der Waals surface area contributed by atoms with Crippen LogP contribution in [0.2, 0.25) is 0 Å². The first-order valence-electron chi connectivity index (χ1n) is 7.99. The van der Waals surface area contributed by atoms with Crippen LogP contribution in [0.15, 0.2) is 39.8 Å². The van der Waals surface area contributed by atoms with E-state index < -0.39 is 45.6 Å². The van der Waals surface area contributed by atoms with Gasteiger partial charge in [0, 0.05) is 6.07 Å². The summed E-state index contributed by atoms with van der Waals surface area (Å²) in [5.74, 6) is -1.21. The number of benzene rings is 1. The lowest BCUT2D eigenvalue weighted by Gasteiger charge is -2.13. The summed E-state index contributed by atoms with van der Waals surface area (Å²) in [6.07, 6.45) is -6.02. The predicted molar refractivity (Wildman–Crippen MR) is 92.4 cm³/mol. The number of ether oxygens (including phenoxy) is 1. The van der Waals surface area contributed by atoms with Crippen LogP contribution in [0.3, 0.4) is 0 Å². The molecule has 1 amide bonds. The number of halogens is 3. The van der Waals surface area contributed by atoms with Crippen LogP contribution in [-0.4, -0.2) is 44.3 Å². The summed E-state index contributed by atoms with van der Waals surface area (Å²) in [6, 6.07) is 5.64. The average Bonchev–Trinajstić information content (AvgIpc) is 3.04. The van der Waals surface area contributed by atoms with E-state index in [2.05, 4.69) is 10.5 Å². The van der Waals surface area contributed by atoms with Crippen molar-refractivity contribution in [2.24, 2.45) is 0 Å². The van der Waals surface area contributed by atoms with E-state index >= 15 is 0 Å². The molecule has 2 rings (SSSR count). The molecule has 9 nitrogen and oxygen atoms in total. The first-order valence-corrected chi connectivity index (χ1v) is 9.47. The summed E-state index contributed by atoms with van der Waals surface area (Å²) in [7, 11) is -4.51. The first-order chi connectivity index (χ1) is 13.4. The molecule has 0 fully saturated rings. The van der Waals surface area contributed by atoms with Gasteiger partial charge in [0.25, 0.3) is 5.91 Å². The smallest absolute Gasteiger partial charge is 0.402 e. The van der Waals surface area contributed by atoms with Crippen LogP contribution in [0.4, 0.5) is 19.0 Å². The number of rotatable bonds is 7. The molecule has 1 atom stereocenters. The second kappa shape index (κ2) is 8.61. The fourth-order valence-corrected chi connectivity index (χ4v) is 3.05. The van der Waals surface area contributed by atoms with Gasteiger partial charge < -0.3 is 14.6 Å². The van der Waals surface area contributed by atoms with E-state index in [4.69, 9.17) is 9.26 Å². The molecule has 0 saturated heterocycles. The lowest BCUT2D eigenvalue weighted by atomic mass is 10.2. The van der Waals surface area contributed by atoms with Crippen LogP contribution in [-0.2, 0) is 19.6 Å². The monoisotopic (exact) mass is 435 g/mol. The molecule has 0 spiro atoms. The quantitative estimate of drug-likeness (QED) is 0.637. The van der Waals surface area contributed by atoms with E-state index in [1.165, 1.54) is 23.8 Å². The third-order valence-electron chi connectivity index (χ3n) is 3.37. The van der Waals surface area contributed by atoms with Crippen molar-refractivity contribution in [1.82, 2.24) is 9.88 Å². The zero-order valence-electron chi connectivity index (χ0n) is 15.1. The molecule has 13 heteroatoms. The summed E-state index contributed by atoms with van der Waals surface area (Å²) in [4.78, 5) is 23.6. The van der Waals surface area contributed by atoms with Crippen LogP contribution in [0, 0.1) is 6.92 Å². The lowest BCUT2D eigenvalue weighted by molar-refractivity contribution is -0.124. The van der Waals surface area contributed by atoms with Crippen LogP contribution in [0.1, 0.15) is 23.0 Å². The Kier molecular flexibility index (Phi) is 6.64. The van der Waals surface area contributed by atoms with Crippen molar-refractivity contribution in [3.05, 3.63) is 41.7 Å². The highest BCUT2D eigenvalue weighted by molar-refractivity contribution is 7.89. The summed E-state index contributed by atoms with van der Waals surface area (Å²) < 4.78 is 71.7. The third kappa shape index (κ3) is 6.57. The molecule has 1 aromatic carbocycles. The minimum absolute atomic E-state index is 0.110. The Labute approximate surface area is 163 Å². The van der Waals surface area contributed by atoms with Crippen molar-refractivity contribution in [3.63, 3.8) is 0 Å². The van der Waals surface area contributed by atoms with Crippen LogP contribution in [0.5, 0.6) is 0 Å². The molecule has 0 aliphatic heterocycles. The topological polar surface area (TPSA) is 128 Å². The van der Waals surface area contributed by atoms with Gasteiger partial charge in [-0.05, 0) is 32.0 Å². The molecule has 29 heavy (non-hydrogen) atoms. The number of nitrogens with one attached hydrogen (secondary N) is 2. The van der Waals surface area contributed by atoms with Crippen LogP contribution in [0.25, 0.3) is 0 Å². The van der Waals surface area contributed by atoms with Gasteiger partial charge in [0.1, 0.15) is 12.3 Å². The lowest BCUT2D eigenvalue weighted by Crippen LogP contribution is -2.34. The molecule has 0 bridgehead atoms. The van der Waals surface area contributed by atoms with Crippen molar-refractivity contribution in [2.75, 3.05) is 11.9 Å². The number of sulfonamides is 1. The van der Waals surface area contributed by atoms with Gasteiger partial charge in [-0.2, -0.15) is 13.2 Å². The minimum Gasteiger partial charge on any atom is -0.449 e. The summed E-state index contributed by atoms with van der Waals surface area (Å²) in [5.41, 5.74) is -0.267. The Morgan fingerprint density at radius 3 is 2.55 bits per heavy atom. The van der Waals surface area contributed by atoms with E-state index in [0.29, 0.717) is 5.76 Å². The number of nitrogens with zero attached hydrogens (tertiary/aromatic N) is 1. The molecule has 0 aliphatic rings. The number of aryl methyl sites for hydroxylation is 1. The zero-order chi connectivity index (χ0) is 21.8. The maximum atomic E-state index is 12.2. The van der Waals surface area contributed by atoms with E-state index in [1.54, 1.807) is 6.92 Å². The van der Waals surface area contributed by atoms with E-state index in [-0.39, 0.29) is 11.4 Å². The number of amides is 1. The van der Waals surface area contributed by atoms with Gasteiger partial charge in [0.2, 0.25) is 10.0 Å². The fourth-order valence-electron chi connectivity index (χ4n) is 1.99. The van der Waals surface area contributed by atoms with Crippen LogP contribution < -0.4 is 10.0 Å². The zero-order valence-corrected chi connectivity index (χ0v) is 15.9. The third-order valence-corrected chi connectivity index (χ3v) is 4.77. The van der Waals surface area contributed by atoms with Gasteiger partial charge in [-0.1, -0.05) is 11.2 Å². The van der Waals surface area contributed by atoms with E-state index in [9.17, 15) is 31.2 Å². The molecule has 0 aliphatic carbocycles. The molecule has 158 valence electrons. The van der Waals surface area contributed by atoms with Crippen LogP contribution >= 0.6 is 0 Å². The molecule has 2 N–H and O–H groups in total. The van der Waals surface area contributed by atoms with Crippen molar-refractivity contribution in [2.45, 2.75) is 31.0 Å². The number of hydrogen-bond donors (Lipinski definition) is 2. The fraction of sp³-hybridized carbons (Fsp3) is 0.312. The van der Waals surface area contributed by atoms with Crippen molar-refractivity contribution in [3.8, 4) is 0 Å². The van der Waals surface area contributed by atoms with Gasteiger partial charge in [-0.15, -0.1) is 0 Å². The Morgan fingerprint density at radius 2 is 1.97 bits per heavy atom. The Bertz CT molecular complexity index is 1000. The number of alkyl halides is 3. The van der Waals surface area contributed by atoms with E-state index in [0.717, 1.165) is 18.2 Å². The maximum absolute atomic E-state index is 12.2. The molecule has 1 aromatic heterocycles. The molecule has 0 unspecified atom stereocenters. The van der Waals surface area contributed by atoms with Crippen molar-refractivity contribution in [1.29, 1.82) is 0 Å². The second-order valence-corrected chi connectivity index (χ2v) is 7.59. The molecular formula is C16H16F3N3O6S. The largest absolute Gasteiger partial charge is 0.449 e. The van der Waals surface area contributed by atoms with Gasteiger partial charge in [-0.3, -0.25) is 4.79 Å². The molecule has 0 saturated carbocycles. The predicted octanol–water partition coefficient (Wildman–Crippen LogP) is 2.01. The van der Waals surface area contributed by atoms with Gasteiger partial charge in [-0.25, -0.2) is 17.9 Å². The SMILES string of the molecule is Cc1cc(NC(=O)[C@H](C)OC(=O)c2cccc(S(=O)(=O)NCC(F)(F)F)c2)no1. The van der Waals surface area contributed by atoms with Gasteiger partial charge in [0.05, 0.1) is 10.5 Å². The number of anilines is 1. The number of carbonyl (C=O) groups is 2. The summed E-state index contributed by atoms with van der Waals surface area (Å²) in [6.45, 7) is 1.12. The van der Waals surface area contributed by atoms with Gasteiger partial charge >= 0.3 is 12.1 Å². The minimum atomic E-state index is -4.74. The Hall–Kier alpha value is -2.93. The average molecular weight is 435 g/mol. The number of aromatic nitrogens is 1. The number of hydrogen-bond acceptors (Lipinski definition) is 7. The molecular weight excluding hydrogens is 419 g/mol. The Balaban J connectivity index is 2.05. The highest BCUT2D eigenvalue weighted by atomic mass is 32.2. The normalized spacial score (nSPS) is 13.0. The summed E-state index contributed by atoms with van der Waals surface area (Å²) >= 11 is 0. The standard InChI is InChI=1S/C16H16F3N3O6S/c1-9-6-13(22-28-9)21-14(23)10(2)27-15(24)11-4-3-5-12(7-11)29(25,26)20-8-16(17,18)19/h3-7,10,20H,8H2,1-2H3,(H,21,22,23)/t10-/m0/s1. The molecule has 2 aromatic rings. The van der Waals surface area contributed by atoms with Crippen molar-refractivity contribution < 1.29 is 40.4 Å². The number of carbonyl (C=O) groups excluding carboxylic acids is 2. The van der Waals surface area contributed by atoms with Gasteiger partial charge in [0.15, 0.2) is 11.9 Å². The molecule has 1 heterocycles. The summed E-state index contributed by atoms with van der Waals surface area (Å²) in [5, 5.41) is 5.90. The van der Waals surface area contributed by atoms with E-state index in [1.807, 2.05) is 0 Å². The molecule has 0 radical (unpaired) electrons. The highest BCUT2D eigenvalue weighted by Crippen LogP contribution is 2.17. The first kappa shape index (κ1) is 22.4. The van der Waals surface area contributed by atoms with Crippen molar-refractivity contribution >= 4 is 27.7 Å². The Morgan fingerprint density at radius 1 is 1.28 bits per heavy atom.